The number of nitrogens with one attached hydrogen (secondary N) is 1. The normalized spacial score (nSPS) is 19.3. The highest BCUT2D eigenvalue weighted by molar-refractivity contribution is 9.10. The first-order chi connectivity index (χ1) is 11.3. The van der Waals surface area contributed by atoms with E-state index in [1.54, 1.807) is 0 Å². The molecule has 1 saturated heterocycles. The largest absolute Gasteiger partial charge is 0.314 e. The second-order valence-electron chi connectivity index (χ2n) is 5.80. The van der Waals surface area contributed by atoms with Crippen LogP contribution in [0.15, 0.2) is 53.5 Å². The number of piperazine rings is 1. The Bertz CT molecular complexity index is 801. The second-order valence-corrected chi connectivity index (χ2v) is 6.72. The van der Waals surface area contributed by atoms with Crippen LogP contribution in [0.25, 0.3) is 5.65 Å². The fraction of sp³-hybridized carbons (Fsp3) is 0.294. The monoisotopic (exact) mass is 371 g/mol. The summed E-state index contributed by atoms with van der Waals surface area (Å²) in [5.74, 6) is 0. The molecule has 23 heavy (non-hydrogen) atoms. The maximum absolute atomic E-state index is 4.51. The van der Waals surface area contributed by atoms with Gasteiger partial charge in [0.05, 0.1) is 11.9 Å². The average molecular weight is 372 g/mol. The fourth-order valence-electron chi connectivity index (χ4n) is 3.17. The molecular weight excluding hydrogens is 354 g/mol. The predicted molar refractivity (Wildman–Crippen MR) is 93.1 cm³/mol. The van der Waals surface area contributed by atoms with Crippen LogP contribution in [-0.2, 0) is 6.54 Å². The Morgan fingerprint density at radius 3 is 3.09 bits per heavy atom. The summed E-state index contributed by atoms with van der Waals surface area (Å²) in [5.41, 5.74) is 3.45. The lowest BCUT2D eigenvalue weighted by atomic mass is 10.1. The van der Waals surface area contributed by atoms with Gasteiger partial charge in [0.25, 0.3) is 0 Å². The van der Waals surface area contributed by atoms with E-state index in [1.807, 2.05) is 36.8 Å². The van der Waals surface area contributed by atoms with Crippen molar-refractivity contribution in [3.05, 3.63) is 64.8 Å². The Morgan fingerprint density at radius 1 is 1.26 bits per heavy atom. The summed E-state index contributed by atoms with van der Waals surface area (Å²) >= 11 is 3.54. The third-order valence-electron chi connectivity index (χ3n) is 4.33. The quantitative estimate of drug-likeness (QED) is 0.768. The number of aromatic nitrogens is 3. The van der Waals surface area contributed by atoms with E-state index in [4.69, 9.17) is 0 Å². The third-order valence-corrected chi connectivity index (χ3v) is 4.80. The SMILES string of the molecule is Brc1ccc2ncc(CN3CCNCC3c3cccnc3)n2c1. The van der Waals surface area contributed by atoms with Crippen LogP contribution in [0.4, 0.5) is 0 Å². The first-order valence-corrected chi connectivity index (χ1v) is 8.57. The number of halogens is 1. The predicted octanol–water partition coefficient (Wildman–Crippen LogP) is 2.64. The molecule has 6 heteroatoms. The maximum Gasteiger partial charge on any atom is 0.136 e. The van der Waals surface area contributed by atoms with Crippen molar-refractivity contribution in [2.24, 2.45) is 0 Å². The van der Waals surface area contributed by atoms with Gasteiger partial charge in [-0.2, -0.15) is 0 Å². The number of fused-ring (bicyclic) bond motifs is 1. The van der Waals surface area contributed by atoms with E-state index in [9.17, 15) is 0 Å². The molecule has 4 heterocycles. The smallest absolute Gasteiger partial charge is 0.136 e. The Balaban J connectivity index is 1.64. The van der Waals surface area contributed by atoms with Crippen LogP contribution in [0, 0.1) is 0 Å². The van der Waals surface area contributed by atoms with Crippen molar-refractivity contribution < 1.29 is 0 Å². The number of imidazole rings is 1. The zero-order valence-corrected chi connectivity index (χ0v) is 14.3. The molecule has 0 amide bonds. The van der Waals surface area contributed by atoms with Gasteiger partial charge in [-0.25, -0.2) is 4.98 Å². The van der Waals surface area contributed by atoms with Crippen molar-refractivity contribution in [3.8, 4) is 0 Å². The van der Waals surface area contributed by atoms with E-state index in [0.29, 0.717) is 6.04 Å². The van der Waals surface area contributed by atoms with Crippen LogP contribution in [0.5, 0.6) is 0 Å². The first kappa shape index (κ1) is 14.8. The molecule has 0 bridgehead atoms. The van der Waals surface area contributed by atoms with Crippen molar-refractivity contribution in [2.75, 3.05) is 19.6 Å². The van der Waals surface area contributed by atoms with Gasteiger partial charge in [-0.3, -0.25) is 9.88 Å². The Morgan fingerprint density at radius 2 is 2.22 bits per heavy atom. The van der Waals surface area contributed by atoms with Crippen LogP contribution >= 0.6 is 15.9 Å². The molecule has 0 aliphatic carbocycles. The summed E-state index contributed by atoms with van der Waals surface area (Å²) in [6.07, 6.45) is 7.85. The van der Waals surface area contributed by atoms with Crippen molar-refractivity contribution in [1.29, 1.82) is 0 Å². The summed E-state index contributed by atoms with van der Waals surface area (Å²) in [4.78, 5) is 11.3. The van der Waals surface area contributed by atoms with Crippen molar-refractivity contribution in [3.63, 3.8) is 0 Å². The zero-order valence-electron chi connectivity index (χ0n) is 12.7. The Kier molecular flexibility index (Phi) is 4.11. The standard InChI is InChI=1S/C17H18BrN5/c18-14-3-4-17-21-9-15(23(17)11-14)12-22-7-6-20-10-16(22)13-2-1-5-19-8-13/h1-5,8-9,11,16,20H,6-7,10,12H2. The van der Waals surface area contributed by atoms with E-state index < -0.39 is 0 Å². The minimum Gasteiger partial charge on any atom is -0.314 e. The fourth-order valence-corrected chi connectivity index (χ4v) is 3.50. The van der Waals surface area contributed by atoms with Gasteiger partial charge >= 0.3 is 0 Å². The molecule has 1 N–H and O–H groups in total. The van der Waals surface area contributed by atoms with Gasteiger partial charge in [0, 0.05) is 55.3 Å². The van der Waals surface area contributed by atoms with Crippen LogP contribution < -0.4 is 5.32 Å². The molecule has 0 radical (unpaired) electrons. The average Bonchev–Trinajstić information content (AvgIpc) is 2.98. The lowest BCUT2D eigenvalue weighted by molar-refractivity contribution is 0.151. The number of nitrogens with zero attached hydrogens (tertiary/aromatic N) is 4. The summed E-state index contributed by atoms with van der Waals surface area (Å²) in [5, 5.41) is 3.49. The highest BCUT2D eigenvalue weighted by atomic mass is 79.9. The zero-order chi connectivity index (χ0) is 15.6. The van der Waals surface area contributed by atoms with Crippen molar-refractivity contribution >= 4 is 21.6 Å². The van der Waals surface area contributed by atoms with Gasteiger partial charge < -0.3 is 9.72 Å². The van der Waals surface area contributed by atoms with Crippen LogP contribution in [0.1, 0.15) is 17.3 Å². The van der Waals surface area contributed by atoms with Crippen LogP contribution in [-0.4, -0.2) is 38.9 Å². The van der Waals surface area contributed by atoms with E-state index in [2.05, 4.69) is 52.8 Å². The molecule has 1 atom stereocenters. The molecule has 118 valence electrons. The number of hydrogen-bond acceptors (Lipinski definition) is 4. The lowest BCUT2D eigenvalue weighted by Crippen LogP contribution is -2.45. The van der Waals surface area contributed by atoms with E-state index in [-0.39, 0.29) is 0 Å². The van der Waals surface area contributed by atoms with E-state index in [0.717, 1.165) is 36.3 Å². The maximum atomic E-state index is 4.51. The topological polar surface area (TPSA) is 45.5 Å². The van der Waals surface area contributed by atoms with Gasteiger partial charge in [-0.15, -0.1) is 0 Å². The Labute approximate surface area is 143 Å². The minimum absolute atomic E-state index is 0.343. The summed E-state index contributed by atoms with van der Waals surface area (Å²) in [6.45, 7) is 3.85. The van der Waals surface area contributed by atoms with E-state index >= 15 is 0 Å². The van der Waals surface area contributed by atoms with E-state index in [1.165, 1.54) is 11.3 Å². The molecular formula is C17H18BrN5. The third kappa shape index (κ3) is 3.02. The molecule has 1 aliphatic heterocycles. The number of hydrogen-bond donors (Lipinski definition) is 1. The molecule has 1 unspecified atom stereocenters. The van der Waals surface area contributed by atoms with Gasteiger partial charge in [-0.05, 0) is 39.7 Å². The number of rotatable bonds is 3. The molecule has 1 fully saturated rings. The van der Waals surface area contributed by atoms with Crippen molar-refractivity contribution in [2.45, 2.75) is 12.6 Å². The summed E-state index contributed by atoms with van der Waals surface area (Å²) < 4.78 is 3.22. The highest BCUT2D eigenvalue weighted by Crippen LogP contribution is 2.24. The first-order valence-electron chi connectivity index (χ1n) is 7.77. The van der Waals surface area contributed by atoms with Gasteiger partial charge in [0.1, 0.15) is 5.65 Å². The molecule has 0 aromatic carbocycles. The van der Waals surface area contributed by atoms with Gasteiger partial charge in [0.15, 0.2) is 0 Å². The minimum atomic E-state index is 0.343. The molecule has 3 aromatic heterocycles. The Hall–Kier alpha value is -1.76. The summed E-state index contributed by atoms with van der Waals surface area (Å²) in [6, 6.07) is 8.56. The molecule has 0 spiro atoms. The molecule has 0 saturated carbocycles. The summed E-state index contributed by atoms with van der Waals surface area (Å²) in [7, 11) is 0. The lowest BCUT2D eigenvalue weighted by Gasteiger charge is -2.36. The molecule has 3 aromatic rings. The van der Waals surface area contributed by atoms with Crippen molar-refractivity contribution in [1.82, 2.24) is 24.6 Å². The molecule has 1 aliphatic rings. The number of pyridine rings is 2. The highest BCUT2D eigenvalue weighted by Gasteiger charge is 2.24. The molecule has 5 nitrogen and oxygen atoms in total. The second kappa shape index (κ2) is 6.39. The van der Waals surface area contributed by atoms with Crippen LogP contribution in [0.3, 0.4) is 0 Å². The van der Waals surface area contributed by atoms with Gasteiger partial charge in [-0.1, -0.05) is 6.07 Å². The van der Waals surface area contributed by atoms with Gasteiger partial charge in [0.2, 0.25) is 0 Å². The van der Waals surface area contributed by atoms with Crippen LogP contribution in [0.2, 0.25) is 0 Å². The molecule has 4 rings (SSSR count).